The Labute approximate surface area is 172 Å². The topological polar surface area (TPSA) is 25.8 Å². The van der Waals surface area contributed by atoms with Gasteiger partial charge in [0.2, 0.25) is 0 Å². The van der Waals surface area contributed by atoms with Gasteiger partial charge in [-0.2, -0.15) is 0 Å². The van der Waals surface area contributed by atoms with Crippen molar-refractivity contribution in [3.8, 4) is 0 Å². The summed E-state index contributed by atoms with van der Waals surface area (Å²) < 4.78 is 2.12. The van der Waals surface area contributed by atoms with Crippen molar-refractivity contribution in [1.82, 2.24) is 9.97 Å². The molecule has 25 heavy (non-hydrogen) atoms. The molecule has 0 aliphatic carbocycles. The predicted octanol–water partition coefficient (Wildman–Crippen LogP) is 7.20. The molecule has 5 heteroatoms. The molecular weight excluding hydrogens is 508 g/mol. The zero-order chi connectivity index (χ0) is 17.8. The molecule has 0 saturated heterocycles. The maximum Gasteiger partial charge on any atom is 0.0844 e. The van der Waals surface area contributed by atoms with Crippen LogP contribution in [-0.4, -0.2) is 9.97 Å². The number of rotatable bonds is 1. The number of nitrogens with zero attached hydrogens (tertiary/aromatic N) is 2. The number of alkyl halides is 1. The zero-order valence-electron chi connectivity index (χ0n) is 13.5. The van der Waals surface area contributed by atoms with Crippen molar-refractivity contribution < 1.29 is 0 Å². The minimum absolute atomic E-state index is 0.871. The Kier molecular flexibility index (Phi) is 6.20. The molecule has 0 unspecified atom stereocenters. The van der Waals surface area contributed by atoms with Crippen molar-refractivity contribution >= 4 is 69.6 Å². The highest BCUT2D eigenvalue weighted by Crippen LogP contribution is 2.25. The number of aromatic nitrogens is 2. The second kappa shape index (κ2) is 8.39. The van der Waals surface area contributed by atoms with Gasteiger partial charge in [0.05, 0.1) is 11.0 Å². The van der Waals surface area contributed by atoms with Crippen molar-refractivity contribution in [2.45, 2.75) is 12.3 Å². The van der Waals surface area contributed by atoms with Crippen molar-refractivity contribution in [1.29, 1.82) is 0 Å². The van der Waals surface area contributed by atoms with E-state index in [1.165, 1.54) is 21.9 Å². The van der Waals surface area contributed by atoms with Gasteiger partial charge < -0.3 is 0 Å². The van der Waals surface area contributed by atoms with Crippen LogP contribution in [0.5, 0.6) is 0 Å². The summed E-state index contributed by atoms with van der Waals surface area (Å²) in [4.78, 5) is 8.57. The van der Waals surface area contributed by atoms with Gasteiger partial charge in [0.1, 0.15) is 0 Å². The highest BCUT2D eigenvalue weighted by molar-refractivity contribution is 9.11. The molecule has 2 aromatic heterocycles. The molecule has 2 aromatic carbocycles. The minimum Gasteiger partial charge on any atom is -0.255 e. The minimum atomic E-state index is 0.871. The molecule has 0 spiro atoms. The van der Waals surface area contributed by atoms with Crippen LogP contribution < -0.4 is 0 Å². The van der Waals surface area contributed by atoms with Crippen LogP contribution in [-0.2, 0) is 5.33 Å². The fraction of sp³-hybridized carbons (Fsp3) is 0.100. The summed E-state index contributed by atoms with van der Waals surface area (Å²) >= 11 is 10.4. The third kappa shape index (κ3) is 4.46. The lowest BCUT2D eigenvalue weighted by Gasteiger charge is -2.02. The van der Waals surface area contributed by atoms with Gasteiger partial charge >= 0.3 is 0 Å². The summed E-state index contributed by atoms with van der Waals surface area (Å²) in [6, 6.07) is 16.5. The molecule has 0 aliphatic heterocycles. The van der Waals surface area contributed by atoms with E-state index in [4.69, 9.17) is 0 Å². The fourth-order valence-corrected chi connectivity index (χ4v) is 4.21. The van der Waals surface area contributed by atoms with Gasteiger partial charge in [-0.05, 0) is 86.3 Å². The fourth-order valence-electron chi connectivity index (χ4n) is 2.57. The molecule has 0 bridgehead atoms. The number of hydrogen-bond donors (Lipinski definition) is 0. The van der Waals surface area contributed by atoms with Gasteiger partial charge in [-0.3, -0.25) is 9.97 Å². The summed E-state index contributed by atoms with van der Waals surface area (Å²) in [6.07, 6.45) is 3.61. The maximum absolute atomic E-state index is 4.29. The van der Waals surface area contributed by atoms with E-state index < -0.39 is 0 Å². The lowest BCUT2D eigenvalue weighted by molar-refractivity contribution is 1.37. The number of pyridine rings is 2. The number of hydrogen-bond acceptors (Lipinski definition) is 2. The van der Waals surface area contributed by atoms with Gasteiger partial charge in [-0.1, -0.05) is 28.1 Å². The summed E-state index contributed by atoms with van der Waals surface area (Å²) in [5, 5.41) is 3.23. The van der Waals surface area contributed by atoms with Gasteiger partial charge in [-0.25, -0.2) is 0 Å². The van der Waals surface area contributed by atoms with Crippen LogP contribution in [0.2, 0.25) is 0 Å². The highest BCUT2D eigenvalue weighted by atomic mass is 79.9. The van der Waals surface area contributed by atoms with E-state index in [-0.39, 0.29) is 0 Å². The number of halogens is 3. The monoisotopic (exact) mass is 520 g/mol. The van der Waals surface area contributed by atoms with E-state index in [1.54, 1.807) is 6.20 Å². The first-order chi connectivity index (χ1) is 12.1. The van der Waals surface area contributed by atoms with Crippen molar-refractivity contribution in [3.63, 3.8) is 0 Å². The SMILES string of the molecule is BrCc1cc(Br)c2ncccc2c1.Cc1cc(Br)c2ncccc2c1. The summed E-state index contributed by atoms with van der Waals surface area (Å²) in [5.41, 5.74) is 4.56. The summed E-state index contributed by atoms with van der Waals surface area (Å²) in [7, 11) is 0. The average Bonchev–Trinajstić information content (AvgIpc) is 2.62. The Balaban J connectivity index is 0.000000146. The van der Waals surface area contributed by atoms with Crippen molar-refractivity contribution in [2.75, 3.05) is 0 Å². The average molecular weight is 523 g/mol. The van der Waals surface area contributed by atoms with Crippen LogP contribution in [0.25, 0.3) is 21.8 Å². The van der Waals surface area contributed by atoms with Crippen LogP contribution in [0, 0.1) is 6.92 Å². The molecule has 4 aromatic rings. The molecule has 0 N–H and O–H groups in total. The maximum atomic E-state index is 4.29. The lowest BCUT2D eigenvalue weighted by atomic mass is 10.1. The normalized spacial score (nSPS) is 10.6. The Morgan fingerprint density at radius 2 is 1.36 bits per heavy atom. The Bertz CT molecular complexity index is 1030. The first-order valence-electron chi connectivity index (χ1n) is 7.68. The third-order valence-corrected chi connectivity index (χ3v) is 5.53. The van der Waals surface area contributed by atoms with Crippen LogP contribution >= 0.6 is 47.8 Å². The third-order valence-electron chi connectivity index (χ3n) is 3.68. The van der Waals surface area contributed by atoms with Gasteiger partial charge in [0.25, 0.3) is 0 Å². The first kappa shape index (κ1) is 18.5. The van der Waals surface area contributed by atoms with Gasteiger partial charge in [-0.15, -0.1) is 0 Å². The second-order valence-electron chi connectivity index (χ2n) is 5.61. The largest absolute Gasteiger partial charge is 0.255 e. The lowest BCUT2D eigenvalue weighted by Crippen LogP contribution is -1.83. The van der Waals surface area contributed by atoms with Gasteiger partial charge in [0.15, 0.2) is 0 Å². The van der Waals surface area contributed by atoms with E-state index in [9.17, 15) is 0 Å². The van der Waals surface area contributed by atoms with E-state index in [0.717, 1.165) is 25.3 Å². The van der Waals surface area contributed by atoms with E-state index in [1.807, 2.05) is 18.3 Å². The molecule has 0 saturated carbocycles. The van der Waals surface area contributed by atoms with E-state index in [2.05, 4.69) is 101 Å². The number of benzene rings is 2. The summed E-state index contributed by atoms with van der Waals surface area (Å²) in [6.45, 7) is 2.08. The quantitative estimate of drug-likeness (QED) is 0.247. The molecule has 0 aliphatic rings. The van der Waals surface area contributed by atoms with Gasteiger partial charge in [0, 0.05) is 37.4 Å². The standard InChI is InChI=1S/C10H7Br2N.C10H8BrN/c11-6-7-4-8-2-1-3-13-10(8)9(12)5-7;1-7-5-8-3-2-4-12-10(8)9(11)6-7/h1-5H,6H2;2-6H,1H3. The molecule has 126 valence electrons. The number of fused-ring (bicyclic) bond motifs is 2. The molecule has 2 heterocycles. The second-order valence-corrected chi connectivity index (χ2v) is 7.88. The highest BCUT2D eigenvalue weighted by Gasteiger charge is 2.01. The number of aryl methyl sites for hydroxylation is 1. The van der Waals surface area contributed by atoms with E-state index in [0.29, 0.717) is 0 Å². The molecule has 4 rings (SSSR count). The Hall–Kier alpha value is -1.30. The van der Waals surface area contributed by atoms with Crippen LogP contribution in [0.1, 0.15) is 11.1 Å². The molecule has 2 nitrogen and oxygen atoms in total. The molecule has 0 amide bonds. The van der Waals surface area contributed by atoms with Crippen LogP contribution in [0.15, 0.2) is 69.9 Å². The molecule has 0 fully saturated rings. The van der Waals surface area contributed by atoms with E-state index >= 15 is 0 Å². The van der Waals surface area contributed by atoms with Crippen molar-refractivity contribution in [3.05, 3.63) is 81.0 Å². The summed E-state index contributed by atoms with van der Waals surface area (Å²) in [5.74, 6) is 0. The molecular formula is C20H15Br3N2. The molecule has 0 radical (unpaired) electrons. The smallest absolute Gasteiger partial charge is 0.0844 e. The zero-order valence-corrected chi connectivity index (χ0v) is 18.3. The Morgan fingerprint density at radius 1 is 0.800 bits per heavy atom. The molecule has 0 atom stereocenters. The first-order valence-corrected chi connectivity index (χ1v) is 10.4. The van der Waals surface area contributed by atoms with Crippen molar-refractivity contribution in [2.24, 2.45) is 0 Å². The van der Waals surface area contributed by atoms with Crippen LogP contribution in [0.3, 0.4) is 0 Å². The Morgan fingerprint density at radius 3 is 1.96 bits per heavy atom. The van der Waals surface area contributed by atoms with Crippen LogP contribution in [0.4, 0.5) is 0 Å². The predicted molar refractivity (Wildman–Crippen MR) is 116 cm³/mol.